The van der Waals surface area contributed by atoms with Gasteiger partial charge in [0.2, 0.25) is 0 Å². The lowest BCUT2D eigenvalue weighted by atomic mass is 9.98. The smallest absolute Gasteiger partial charge is 0.417 e. The van der Waals surface area contributed by atoms with E-state index in [1.165, 1.54) is 11.0 Å². The number of halogens is 3. The fourth-order valence-electron chi connectivity index (χ4n) is 3.60. The Hall–Kier alpha value is -3.85. The van der Waals surface area contributed by atoms with E-state index in [2.05, 4.69) is 10.3 Å². The summed E-state index contributed by atoms with van der Waals surface area (Å²) in [6.07, 6.45) is -4.52. The molecule has 4 aromatic rings. The highest BCUT2D eigenvalue weighted by Crippen LogP contribution is 2.40. The third-order valence-electron chi connectivity index (χ3n) is 5.35. The molecule has 3 aromatic carbocycles. The quantitative estimate of drug-likeness (QED) is 0.278. The van der Waals surface area contributed by atoms with Crippen LogP contribution in [0.15, 0.2) is 71.1 Å². The number of alkyl halides is 3. The second-order valence-corrected chi connectivity index (χ2v) is 7.77. The zero-order chi connectivity index (χ0) is 24.3. The Morgan fingerprint density at radius 2 is 1.83 bits per heavy atom. The summed E-state index contributed by atoms with van der Waals surface area (Å²) in [5, 5.41) is 11.7. The van der Waals surface area contributed by atoms with Crippen LogP contribution in [0.2, 0.25) is 0 Å². The number of benzene rings is 3. The van der Waals surface area contributed by atoms with Crippen molar-refractivity contribution in [1.82, 2.24) is 10.3 Å². The molecule has 0 unspecified atom stereocenters. The standard InChI is InChI=1S/C25H22F3N3O3.CH4/c1-31(18-8-9-19(17-5-3-2-4-6-17)20(14-18)25(26,27)28)24-30-21-13-16(7-10-22(21)34-24)15-29-12-11-23(32)33;/h2-10,13-14,29H,11-12,15H2,1H3,(H,32,33);1H4. The molecule has 2 N–H and O–H groups in total. The molecule has 0 fully saturated rings. The van der Waals surface area contributed by atoms with Gasteiger partial charge in [0.15, 0.2) is 5.58 Å². The summed E-state index contributed by atoms with van der Waals surface area (Å²) in [5.74, 6) is -0.877. The van der Waals surface area contributed by atoms with E-state index in [0.717, 1.165) is 11.6 Å². The van der Waals surface area contributed by atoms with Crippen molar-refractivity contribution in [2.24, 2.45) is 0 Å². The summed E-state index contributed by atoms with van der Waals surface area (Å²) in [4.78, 5) is 16.5. The number of fused-ring (bicyclic) bond motifs is 1. The van der Waals surface area contributed by atoms with E-state index in [1.807, 2.05) is 6.07 Å². The first kappa shape index (κ1) is 25.8. The minimum atomic E-state index is -4.54. The Balaban J connectivity index is 0.00000342. The van der Waals surface area contributed by atoms with Crippen molar-refractivity contribution in [2.75, 3.05) is 18.5 Å². The van der Waals surface area contributed by atoms with Crippen LogP contribution in [-0.2, 0) is 17.5 Å². The molecular weight excluding hydrogens is 459 g/mol. The zero-order valence-electron chi connectivity index (χ0n) is 18.3. The normalized spacial score (nSPS) is 11.3. The lowest BCUT2D eigenvalue weighted by Gasteiger charge is -2.19. The summed E-state index contributed by atoms with van der Waals surface area (Å²) in [6.45, 7) is 0.790. The van der Waals surface area contributed by atoms with Crippen molar-refractivity contribution >= 4 is 28.8 Å². The van der Waals surface area contributed by atoms with Crippen LogP contribution in [0.5, 0.6) is 0 Å². The van der Waals surface area contributed by atoms with E-state index in [4.69, 9.17) is 9.52 Å². The van der Waals surface area contributed by atoms with Crippen molar-refractivity contribution in [3.63, 3.8) is 0 Å². The summed E-state index contributed by atoms with van der Waals surface area (Å²) in [7, 11) is 1.59. The Labute approximate surface area is 201 Å². The lowest BCUT2D eigenvalue weighted by Crippen LogP contribution is -2.17. The Bertz CT molecular complexity index is 1300. The number of nitrogens with one attached hydrogen (secondary N) is 1. The van der Waals surface area contributed by atoms with E-state index in [9.17, 15) is 18.0 Å². The van der Waals surface area contributed by atoms with E-state index >= 15 is 0 Å². The molecule has 35 heavy (non-hydrogen) atoms. The molecule has 0 aliphatic carbocycles. The molecule has 4 rings (SSSR count). The highest BCUT2D eigenvalue weighted by atomic mass is 19.4. The lowest BCUT2D eigenvalue weighted by molar-refractivity contribution is -0.137. The third-order valence-corrected chi connectivity index (χ3v) is 5.35. The number of aliphatic carboxylic acids is 1. The van der Waals surface area contributed by atoms with Gasteiger partial charge >= 0.3 is 18.2 Å². The Kier molecular flexibility index (Phi) is 7.81. The number of carbonyl (C=O) groups is 1. The number of rotatable bonds is 8. The maximum absolute atomic E-state index is 13.9. The second kappa shape index (κ2) is 10.6. The van der Waals surface area contributed by atoms with E-state index in [0.29, 0.717) is 29.8 Å². The van der Waals surface area contributed by atoms with Gasteiger partial charge in [-0.1, -0.05) is 49.9 Å². The Morgan fingerprint density at radius 1 is 1.09 bits per heavy atom. The fourth-order valence-corrected chi connectivity index (χ4v) is 3.60. The molecule has 1 heterocycles. The number of anilines is 2. The molecule has 0 radical (unpaired) electrons. The van der Waals surface area contributed by atoms with Crippen molar-refractivity contribution in [3.8, 4) is 11.1 Å². The summed E-state index contributed by atoms with van der Waals surface area (Å²) < 4.78 is 47.4. The van der Waals surface area contributed by atoms with Crippen LogP contribution >= 0.6 is 0 Å². The maximum atomic E-state index is 13.9. The van der Waals surface area contributed by atoms with Gasteiger partial charge in [-0.25, -0.2) is 0 Å². The largest absolute Gasteiger partial charge is 0.481 e. The SMILES string of the molecule is C.CN(c1ccc(-c2ccccc2)c(C(F)(F)F)c1)c1nc2cc(CNCCC(=O)O)ccc2o1. The summed E-state index contributed by atoms with van der Waals surface area (Å²) >= 11 is 0. The number of hydrogen-bond acceptors (Lipinski definition) is 5. The molecule has 0 spiro atoms. The molecule has 0 aliphatic rings. The van der Waals surface area contributed by atoms with Gasteiger partial charge in [-0.3, -0.25) is 9.69 Å². The molecule has 0 saturated carbocycles. The Morgan fingerprint density at radius 3 is 2.51 bits per heavy atom. The number of nitrogens with zero attached hydrogens (tertiary/aromatic N) is 2. The van der Waals surface area contributed by atoms with Crippen molar-refractivity contribution in [2.45, 2.75) is 26.6 Å². The first-order valence-corrected chi connectivity index (χ1v) is 10.5. The second-order valence-electron chi connectivity index (χ2n) is 7.77. The number of oxazole rings is 1. The highest BCUT2D eigenvalue weighted by molar-refractivity contribution is 5.77. The average Bonchev–Trinajstić information content (AvgIpc) is 3.24. The van der Waals surface area contributed by atoms with Gasteiger partial charge in [0, 0.05) is 25.8 Å². The van der Waals surface area contributed by atoms with Crippen LogP contribution in [0.4, 0.5) is 24.9 Å². The van der Waals surface area contributed by atoms with Gasteiger partial charge in [0.05, 0.1) is 12.0 Å². The van der Waals surface area contributed by atoms with Gasteiger partial charge in [-0.05, 0) is 41.0 Å². The molecule has 0 saturated heterocycles. The van der Waals surface area contributed by atoms with Gasteiger partial charge in [-0.2, -0.15) is 18.2 Å². The molecule has 0 bridgehead atoms. The topological polar surface area (TPSA) is 78.6 Å². The van der Waals surface area contributed by atoms with Crippen LogP contribution in [-0.4, -0.2) is 29.7 Å². The molecule has 0 aliphatic heterocycles. The number of carboxylic acids is 1. The van der Waals surface area contributed by atoms with E-state index in [-0.39, 0.29) is 31.1 Å². The predicted octanol–water partition coefficient (Wildman–Crippen LogP) is 6.48. The molecule has 0 atom stereocenters. The molecule has 1 aromatic heterocycles. The van der Waals surface area contributed by atoms with Gasteiger partial charge in [0.25, 0.3) is 0 Å². The third kappa shape index (κ3) is 5.99. The van der Waals surface area contributed by atoms with E-state index in [1.54, 1.807) is 55.6 Å². The first-order chi connectivity index (χ1) is 16.2. The molecular formula is C26H26F3N3O3. The van der Waals surface area contributed by atoms with Crippen molar-refractivity contribution in [1.29, 1.82) is 0 Å². The van der Waals surface area contributed by atoms with Crippen molar-refractivity contribution in [3.05, 3.63) is 77.9 Å². The molecule has 6 nitrogen and oxygen atoms in total. The summed E-state index contributed by atoms with van der Waals surface area (Å²) in [5.41, 5.74) is 2.05. The fraction of sp³-hybridized carbons (Fsp3) is 0.231. The minimum Gasteiger partial charge on any atom is -0.481 e. The zero-order valence-corrected chi connectivity index (χ0v) is 18.3. The molecule has 184 valence electrons. The van der Waals surface area contributed by atoms with Gasteiger partial charge in [0.1, 0.15) is 5.52 Å². The van der Waals surface area contributed by atoms with Crippen LogP contribution in [0.1, 0.15) is 25.0 Å². The van der Waals surface area contributed by atoms with E-state index < -0.39 is 17.7 Å². The predicted molar refractivity (Wildman–Crippen MR) is 130 cm³/mol. The number of carboxylic acid groups (broad SMARTS) is 1. The average molecular weight is 486 g/mol. The van der Waals surface area contributed by atoms with Crippen LogP contribution in [0.3, 0.4) is 0 Å². The summed E-state index contributed by atoms with van der Waals surface area (Å²) in [6, 6.07) is 18.1. The van der Waals surface area contributed by atoms with Crippen LogP contribution in [0.25, 0.3) is 22.2 Å². The van der Waals surface area contributed by atoms with Gasteiger partial charge in [-0.15, -0.1) is 0 Å². The molecule has 9 heteroatoms. The monoisotopic (exact) mass is 485 g/mol. The highest BCUT2D eigenvalue weighted by Gasteiger charge is 2.34. The minimum absolute atomic E-state index is 0. The van der Waals surface area contributed by atoms with Crippen LogP contribution < -0.4 is 10.2 Å². The van der Waals surface area contributed by atoms with Crippen LogP contribution in [0, 0.1) is 0 Å². The van der Waals surface area contributed by atoms with Gasteiger partial charge < -0.3 is 14.8 Å². The maximum Gasteiger partial charge on any atom is 0.417 e. The van der Waals surface area contributed by atoms with Crippen molar-refractivity contribution < 1.29 is 27.5 Å². The first-order valence-electron chi connectivity index (χ1n) is 10.5. The molecule has 0 amide bonds. The number of aromatic nitrogens is 1. The number of hydrogen-bond donors (Lipinski definition) is 2.